The molecule has 1 aliphatic heterocycles. The summed E-state index contributed by atoms with van der Waals surface area (Å²) in [5, 5.41) is 3.11. The molecule has 2 aliphatic rings. The number of nitrogens with one attached hydrogen (secondary N) is 1. The van der Waals surface area contributed by atoms with Crippen LogP contribution in [0.25, 0.3) is 0 Å². The van der Waals surface area contributed by atoms with Gasteiger partial charge < -0.3 is 19.5 Å². The van der Waals surface area contributed by atoms with Crippen molar-refractivity contribution in [3.8, 4) is 17.2 Å². The predicted molar refractivity (Wildman–Crippen MR) is 128 cm³/mol. The van der Waals surface area contributed by atoms with Crippen LogP contribution < -0.4 is 19.5 Å². The smallest absolute Gasteiger partial charge is 0.228 e. The molecule has 1 spiro atoms. The molecule has 0 aromatic heterocycles. The molecule has 2 fully saturated rings. The number of piperidine rings is 1. The molecule has 2 aromatic carbocycles. The zero-order valence-corrected chi connectivity index (χ0v) is 20.1. The number of methoxy groups -OCH3 is 3. The Kier molecular flexibility index (Phi) is 6.86. The Morgan fingerprint density at radius 1 is 1.03 bits per heavy atom. The van der Waals surface area contributed by atoms with E-state index in [2.05, 4.69) is 16.5 Å². The number of nitrogens with zero attached hydrogens (tertiary/aromatic N) is 1. The van der Waals surface area contributed by atoms with E-state index in [0.717, 1.165) is 55.9 Å². The highest BCUT2D eigenvalue weighted by atomic mass is 32.2. The van der Waals surface area contributed by atoms with Crippen molar-refractivity contribution in [3.63, 3.8) is 0 Å². The number of rotatable bonds is 8. The molecule has 1 N–H and O–H groups in total. The number of hydrogen-bond acceptors (Lipinski definition) is 6. The lowest BCUT2D eigenvalue weighted by molar-refractivity contribution is -0.118. The summed E-state index contributed by atoms with van der Waals surface area (Å²) in [5.74, 6) is 2.47. The molecule has 6 nitrogen and oxygen atoms in total. The Bertz CT molecular complexity index is 955. The average Bonchev–Trinajstić information content (AvgIpc) is 3.54. The number of carbonyl (C=O) groups is 1. The Morgan fingerprint density at radius 2 is 1.66 bits per heavy atom. The van der Waals surface area contributed by atoms with Crippen LogP contribution in [0.2, 0.25) is 0 Å². The van der Waals surface area contributed by atoms with Crippen LogP contribution in [0.1, 0.15) is 24.8 Å². The van der Waals surface area contributed by atoms with Crippen molar-refractivity contribution >= 4 is 23.4 Å². The SMILES string of the molecule is COc1cc(OC)c(OC)cc1CN1CCC2(CC1)C[C@H]2C(=O)Nc1ccc(SC)cc1. The second kappa shape index (κ2) is 9.63. The van der Waals surface area contributed by atoms with Crippen LogP contribution in [0.5, 0.6) is 17.2 Å². The molecule has 1 atom stereocenters. The molecule has 172 valence electrons. The number of amides is 1. The van der Waals surface area contributed by atoms with Crippen molar-refractivity contribution in [3.05, 3.63) is 42.0 Å². The molecular formula is C25H32N2O4S. The molecule has 0 bridgehead atoms. The van der Waals surface area contributed by atoms with Gasteiger partial charge in [-0.2, -0.15) is 0 Å². The third-order valence-corrected chi connectivity index (χ3v) is 7.64. The maximum atomic E-state index is 12.8. The van der Waals surface area contributed by atoms with Gasteiger partial charge in [-0.1, -0.05) is 0 Å². The summed E-state index contributed by atoms with van der Waals surface area (Å²) in [7, 11) is 4.95. The van der Waals surface area contributed by atoms with Gasteiger partial charge in [-0.15, -0.1) is 11.8 Å². The van der Waals surface area contributed by atoms with Gasteiger partial charge in [0.1, 0.15) is 5.75 Å². The zero-order valence-electron chi connectivity index (χ0n) is 19.3. The molecule has 1 amide bonds. The van der Waals surface area contributed by atoms with Gasteiger partial charge in [-0.05, 0) is 74.4 Å². The van der Waals surface area contributed by atoms with Gasteiger partial charge in [0.05, 0.1) is 21.3 Å². The highest BCUT2D eigenvalue weighted by molar-refractivity contribution is 7.98. The van der Waals surface area contributed by atoms with Gasteiger partial charge in [0.25, 0.3) is 0 Å². The monoisotopic (exact) mass is 456 g/mol. The van der Waals surface area contributed by atoms with Crippen LogP contribution in [0.4, 0.5) is 5.69 Å². The predicted octanol–water partition coefficient (Wildman–Crippen LogP) is 4.68. The highest BCUT2D eigenvalue weighted by Gasteiger charge is 2.58. The Labute approximate surface area is 194 Å². The van der Waals surface area contributed by atoms with Gasteiger partial charge in [0, 0.05) is 34.7 Å². The van der Waals surface area contributed by atoms with Crippen molar-refractivity contribution < 1.29 is 19.0 Å². The largest absolute Gasteiger partial charge is 0.496 e. The van der Waals surface area contributed by atoms with Crippen LogP contribution in [0.3, 0.4) is 0 Å². The first kappa shape index (κ1) is 22.8. The summed E-state index contributed by atoms with van der Waals surface area (Å²) in [5.41, 5.74) is 2.13. The number of benzene rings is 2. The molecule has 7 heteroatoms. The lowest BCUT2D eigenvalue weighted by atomic mass is 9.90. The number of ether oxygens (including phenoxy) is 3. The van der Waals surface area contributed by atoms with Crippen LogP contribution in [-0.4, -0.2) is 51.5 Å². The van der Waals surface area contributed by atoms with E-state index in [-0.39, 0.29) is 17.2 Å². The summed E-state index contributed by atoms with van der Waals surface area (Å²) in [6.07, 6.45) is 5.14. The highest BCUT2D eigenvalue weighted by Crippen LogP contribution is 2.59. The molecule has 32 heavy (non-hydrogen) atoms. The molecule has 1 saturated carbocycles. The van der Waals surface area contributed by atoms with E-state index in [9.17, 15) is 4.79 Å². The van der Waals surface area contributed by atoms with E-state index in [4.69, 9.17) is 14.2 Å². The fourth-order valence-corrected chi connectivity index (χ4v) is 5.20. The van der Waals surface area contributed by atoms with E-state index in [1.807, 2.05) is 36.4 Å². The van der Waals surface area contributed by atoms with E-state index >= 15 is 0 Å². The van der Waals surface area contributed by atoms with Crippen molar-refractivity contribution in [2.24, 2.45) is 11.3 Å². The number of thioether (sulfide) groups is 1. The van der Waals surface area contributed by atoms with Crippen LogP contribution >= 0.6 is 11.8 Å². The molecular weight excluding hydrogens is 424 g/mol. The van der Waals surface area contributed by atoms with Crippen LogP contribution in [0.15, 0.2) is 41.3 Å². The first-order valence-corrected chi connectivity index (χ1v) is 12.2. The number of anilines is 1. The third-order valence-electron chi connectivity index (χ3n) is 6.90. The molecule has 0 unspecified atom stereocenters. The Balaban J connectivity index is 1.33. The molecule has 1 heterocycles. The molecule has 2 aromatic rings. The zero-order chi connectivity index (χ0) is 22.7. The van der Waals surface area contributed by atoms with E-state index < -0.39 is 0 Å². The van der Waals surface area contributed by atoms with Crippen molar-refractivity contribution in [1.29, 1.82) is 0 Å². The Morgan fingerprint density at radius 3 is 2.25 bits per heavy atom. The fraction of sp³-hybridized carbons (Fsp3) is 0.480. The summed E-state index contributed by atoms with van der Waals surface area (Å²) in [4.78, 5) is 16.4. The number of carbonyl (C=O) groups excluding carboxylic acids is 1. The summed E-state index contributed by atoms with van der Waals surface area (Å²) >= 11 is 1.70. The van der Waals surface area contributed by atoms with Crippen molar-refractivity contribution in [2.45, 2.75) is 30.7 Å². The fourth-order valence-electron chi connectivity index (χ4n) is 4.79. The summed E-state index contributed by atoms with van der Waals surface area (Å²) in [6, 6.07) is 11.9. The van der Waals surface area contributed by atoms with Gasteiger partial charge in [0.15, 0.2) is 11.5 Å². The quantitative estimate of drug-likeness (QED) is 0.583. The third kappa shape index (κ3) is 4.69. The lowest BCUT2D eigenvalue weighted by Crippen LogP contribution is -2.36. The van der Waals surface area contributed by atoms with Crippen molar-refractivity contribution in [2.75, 3.05) is 46.0 Å². The number of hydrogen-bond donors (Lipinski definition) is 1. The van der Waals surface area contributed by atoms with Crippen LogP contribution in [0, 0.1) is 11.3 Å². The first-order valence-electron chi connectivity index (χ1n) is 11.0. The second-order valence-electron chi connectivity index (χ2n) is 8.63. The van der Waals surface area contributed by atoms with Gasteiger partial charge in [-0.3, -0.25) is 9.69 Å². The maximum Gasteiger partial charge on any atom is 0.228 e. The molecule has 0 radical (unpaired) electrons. The maximum absolute atomic E-state index is 12.8. The summed E-state index contributed by atoms with van der Waals surface area (Å²) in [6.45, 7) is 2.74. The van der Waals surface area contributed by atoms with Gasteiger partial charge in [0.2, 0.25) is 5.91 Å². The minimum atomic E-state index is 0.125. The minimum absolute atomic E-state index is 0.125. The normalized spacial score (nSPS) is 19.4. The summed E-state index contributed by atoms with van der Waals surface area (Å²) < 4.78 is 16.4. The van der Waals surface area contributed by atoms with Crippen LogP contribution in [-0.2, 0) is 11.3 Å². The first-order chi connectivity index (χ1) is 15.5. The number of likely N-dealkylation sites (tertiary alicyclic amines) is 1. The lowest BCUT2D eigenvalue weighted by Gasteiger charge is -2.33. The van der Waals surface area contributed by atoms with E-state index in [1.54, 1.807) is 33.1 Å². The van der Waals surface area contributed by atoms with Gasteiger partial charge in [-0.25, -0.2) is 0 Å². The Hall–Kier alpha value is -2.38. The molecule has 1 saturated heterocycles. The van der Waals surface area contributed by atoms with Crippen molar-refractivity contribution in [1.82, 2.24) is 4.90 Å². The topological polar surface area (TPSA) is 60.0 Å². The molecule has 4 rings (SSSR count). The second-order valence-corrected chi connectivity index (χ2v) is 9.51. The molecule has 1 aliphatic carbocycles. The van der Waals surface area contributed by atoms with Gasteiger partial charge >= 0.3 is 0 Å². The standard InChI is InChI=1S/C25H32N2O4S/c1-29-21-14-23(31-3)22(30-2)13-17(21)16-27-11-9-25(10-12-27)15-20(25)24(28)26-18-5-7-19(32-4)8-6-18/h5-8,13-14,20H,9-12,15-16H2,1-4H3,(H,26,28)/t20-/m0/s1. The van der Waals surface area contributed by atoms with E-state index in [0.29, 0.717) is 11.5 Å². The average molecular weight is 457 g/mol. The van der Waals surface area contributed by atoms with E-state index in [1.165, 1.54) is 4.90 Å². The minimum Gasteiger partial charge on any atom is -0.496 e.